The van der Waals surface area contributed by atoms with Crippen LogP contribution in [0.25, 0.3) is 0 Å². The van der Waals surface area contributed by atoms with E-state index in [2.05, 4.69) is 41.3 Å². The average Bonchev–Trinajstić information content (AvgIpc) is 3.00. The van der Waals surface area contributed by atoms with E-state index in [1.807, 2.05) is 0 Å². The Kier molecular flexibility index (Phi) is 13.7. The summed E-state index contributed by atoms with van der Waals surface area (Å²) in [6.07, 6.45) is -1.14. The first kappa shape index (κ1) is 26.7. The van der Waals surface area contributed by atoms with Crippen molar-refractivity contribution >= 4 is 29.9 Å². The zero-order chi connectivity index (χ0) is 19.6. The number of hydrogen-bond acceptors (Lipinski definition) is 3. The highest BCUT2D eigenvalue weighted by Gasteiger charge is 2.34. The Morgan fingerprint density at radius 1 is 1.30 bits per heavy atom. The van der Waals surface area contributed by atoms with E-state index in [9.17, 15) is 13.2 Å². The van der Waals surface area contributed by atoms with E-state index < -0.39 is 12.7 Å². The normalized spacial score (nSPS) is 19.9. The molecule has 0 radical (unpaired) electrons. The van der Waals surface area contributed by atoms with Gasteiger partial charge in [-0.3, -0.25) is 9.89 Å². The van der Waals surface area contributed by atoms with E-state index in [0.29, 0.717) is 25.7 Å². The predicted octanol–water partition coefficient (Wildman–Crippen LogP) is 3.16. The Hall–Kier alpha value is -0.290. The van der Waals surface area contributed by atoms with Crippen LogP contribution in [0.4, 0.5) is 13.2 Å². The molecule has 2 unspecified atom stereocenters. The van der Waals surface area contributed by atoms with Crippen molar-refractivity contribution < 1.29 is 13.2 Å². The topological polar surface area (TPSA) is 42.9 Å². The third-order valence-corrected chi connectivity index (χ3v) is 4.94. The van der Waals surface area contributed by atoms with Crippen molar-refractivity contribution in [3.63, 3.8) is 0 Å². The minimum atomic E-state index is -4.11. The molecule has 162 valence electrons. The fourth-order valence-corrected chi connectivity index (χ4v) is 3.38. The van der Waals surface area contributed by atoms with Crippen molar-refractivity contribution in [2.45, 2.75) is 52.3 Å². The first-order valence-electron chi connectivity index (χ1n) is 9.76. The molecule has 9 heteroatoms. The molecule has 1 heterocycles. The van der Waals surface area contributed by atoms with Gasteiger partial charge >= 0.3 is 6.18 Å². The van der Waals surface area contributed by atoms with Gasteiger partial charge in [-0.25, -0.2) is 0 Å². The molecule has 0 saturated carbocycles. The Bertz CT molecular complexity index is 416. The van der Waals surface area contributed by atoms with Crippen molar-refractivity contribution in [2.75, 3.05) is 52.9 Å². The monoisotopic (exact) mass is 507 g/mol. The second-order valence-electron chi connectivity index (χ2n) is 7.17. The largest absolute Gasteiger partial charge is 0.401 e. The highest BCUT2D eigenvalue weighted by Crippen LogP contribution is 2.22. The summed E-state index contributed by atoms with van der Waals surface area (Å²) in [6, 6.07) is 0.307. The molecule has 27 heavy (non-hydrogen) atoms. The number of likely N-dealkylation sites (tertiary alicyclic amines) is 1. The first-order chi connectivity index (χ1) is 12.3. The van der Waals surface area contributed by atoms with Crippen molar-refractivity contribution in [1.82, 2.24) is 20.4 Å². The van der Waals surface area contributed by atoms with Gasteiger partial charge in [0.05, 0.1) is 6.54 Å². The zero-order valence-electron chi connectivity index (χ0n) is 17.1. The smallest absolute Gasteiger partial charge is 0.356 e. The van der Waals surface area contributed by atoms with Crippen LogP contribution < -0.4 is 10.6 Å². The van der Waals surface area contributed by atoms with Gasteiger partial charge in [-0.1, -0.05) is 13.8 Å². The molecule has 0 aromatic rings. The molecule has 0 bridgehead atoms. The molecular weight excluding hydrogens is 470 g/mol. The lowest BCUT2D eigenvalue weighted by Crippen LogP contribution is -2.44. The summed E-state index contributed by atoms with van der Waals surface area (Å²) in [5, 5.41) is 6.64. The lowest BCUT2D eigenvalue weighted by atomic mass is 10.1. The number of hydrogen-bond donors (Lipinski definition) is 2. The van der Waals surface area contributed by atoms with Crippen LogP contribution in [-0.4, -0.2) is 80.8 Å². The molecule has 0 spiro atoms. The number of alkyl halides is 3. The maximum atomic E-state index is 12.5. The van der Waals surface area contributed by atoms with Crippen LogP contribution in [0.3, 0.4) is 0 Å². The van der Waals surface area contributed by atoms with Gasteiger partial charge in [-0.15, -0.1) is 24.0 Å². The first-order valence-corrected chi connectivity index (χ1v) is 9.76. The van der Waals surface area contributed by atoms with Gasteiger partial charge < -0.3 is 15.5 Å². The Labute approximate surface area is 179 Å². The van der Waals surface area contributed by atoms with E-state index in [-0.39, 0.29) is 29.9 Å². The fraction of sp³-hybridized carbons (Fsp3) is 0.944. The maximum absolute atomic E-state index is 12.5. The molecule has 2 N–H and O–H groups in total. The summed E-state index contributed by atoms with van der Waals surface area (Å²) in [5.74, 6) is 0.962. The SMILES string of the molecule is CCN(CC)CCCC(C)NC(=NC)NCC1CCN(CC(F)(F)F)C1.I. The highest BCUT2D eigenvalue weighted by atomic mass is 127. The molecule has 2 atom stereocenters. The third-order valence-electron chi connectivity index (χ3n) is 4.94. The van der Waals surface area contributed by atoms with E-state index in [4.69, 9.17) is 0 Å². The lowest BCUT2D eigenvalue weighted by molar-refractivity contribution is -0.143. The van der Waals surface area contributed by atoms with Gasteiger partial charge in [0.15, 0.2) is 5.96 Å². The van der Waals surface area contributed by atoms with Crippen LogP contribution in [0, 0.1) is 5.92 Å². The molecule has 0 aromatic heterocycles. The molecule has 1 aliphatic heterocycles. The van der Waals surface area contributed by atoms with Crippen LogP contribution in [-0.2, 0) is 0 Å². The molecule has 1 saturated heterocycles. The fourth-order valence-electron chi connectivity index (χ4n) is 3.38. The standard InChI is InChI=1S/C18H36F3N5.HI/c1-5-25(6-2)10-7-8-15(3)24-17(22-4)23-12-16-9-11-26(13-16)14-18(19,20)21;/h15-16H,5-14H2,1-4H3,(H2,22,23,24);1H. The van der Waals surface area contributed by atoms with E-state index in [1.165, 1.54) is 4.90 Å². The highest BCUT2D eigenvalue weighted by molar-refractivity contribution is 14.0. The molecule has 1 fully saturated rings. The van der Waals surface area contributed by atoms with Gasteiger partial charge in [0.2, 0.25) is 0 Å². The van der Waals surface area contributed by atoms with Crippen LogP contribution in [0.2, 0.25) is 0 Å². The van der Waals surface area contributed by atoms with Crippen molar-refractivity contribution in [2.24, 2.45) is 10.9 Å². The zero-order valence-corrected chi connectivity index (χ0v) is 19.4. The van der Waals surface area contributed by atoms with E-state index in [0.717, 1.165) is 44.9 Å². The lowest BCUT2D eigenvalue weighted by Gasteiger charge is -2.22. The van der Waals surface area contributed by atoms with Crippen LogP contribution in [0.15, 0.2) is 4.99 Å². The Balaban J connectivity index is 0.00000676. The molecule has 0 aliphatic carbocycles. The second-order valence-corrected chi connectivity index (χ2v) is 7.17. The van der Waals surface area contributed by atoms with Crippen molar-refractivity contribution in [3.8, 4) is 0 Å². The van der Waals surface area contributed by atoms with Crippen molar-refractivity contribution in [3.05, 3.63) is 0 Å². The minimum Gasteiger partial charge on any atom is -0.356 e. The van der Waals surface area contributed by atoms with Crippen molar-refractivity contribution in [1.29, 1.82) is 0 Å². The summed E-state index contributed by atoms with van der Waals surface area (Å²) in [7, 11) is 1.72. The number of aliphatic imine (C=N–C) groups is 1. The van der Waals surface area contributed by atoms with E-state index in [1.54, 1.807) is 7.05 Å². The summed E-state index contributed by atoms with van der Waals surface area (Å²) in [5.41, 5.74) is 0. The van der Waals surface area contributed by atoms with Gasteiger partial charge in [0.25, 0.3) is 0 Å². The average molecular weight is 507 g/mol. The molecule has 1 aliphatic rings. The summed E-state index contributed by atoms with van der Waals surface area (Å²) >= 11 is 0. The molecule has 0 aromatic carbocycles. The van der Waals surface area contributed by atoms with Crippen LogP contribution in [0.5, 0.6) is 0 Å². The number of nitrogens with one attached hydrogen (secondary N) is 2. The summed E-state index contributed by atoms with van der Waals surface area (Å²) in [4.78, 5) is 8.13. The number of guanidine groups is 1. The molecule has 0 amide bonds. The molecule has 1 rings (SSSR count). The maximum Gasteiger partial charge on any atom is 0.401 e. The van der Waals surface area contributed by atoms with Gasteiger partial charge in [0, 0.05) is 26.2 Å². The van der Waals surface area contributed by atoms with Gasteiger partial charge in [0.1, 0.15) is 0 Å². The van der Waals surface area contributed by atoms with Crippen LogP contribution in [0.1, 0.15) is 40.0 Å². The Morgan fingerprint density at radius 3 is 2.52 bits per heavy atom. The number of rotatable bonds is 10. The molecular formula is C18H37F3IN5. The quantitative estimate of drug-likeness (QED) is 0.271. The second kappa shape index (κ2) is 13.8. The Morgan fingerprint density at radius 2 is 1.96 bits per heavy atom. The number of nitrogens with zero attached hydrogens (tertiary/aromatic N) is 3. The van der Waals surface area contributed by atoms with Gasteiger partial charge in [-0.05, 0) is 58.3 Å². The van der Waals surface area contributed by atoms with E-state index >= 15 is 0 Å². The predicted molar refractivity (Wildman–Crippen MR) is 117 cm³/mol. The molecule has 5 nitrogen and oxygen atoms in total. The third kappa shape index (κ3) is 12.0. The summed E-state index contributed by atoms with van der Waals surface area (Å²) in [6.45, 7) is 10.6. The van der Waals surface area contributed by atoms with Crippen LogP contribution >= 0.6 is 24.0 Å². The summed E-state index contributed by atoms with van der Waals surface area (Å²) < 4.78 is 37.4. The minimum absolute atomic E-state index is 0. The van der Waals surface area contributed by atoms with Gasteiger partial charge in [-0.2, -0.15) is 13.2 Å². The number of halogens is 4.